The quantitative estimate of drug-likeness (QED) is 0.410. The van der Waals surface area contributed by atoms with Gasteiger partial charge in [0.2, 0.25) is 0 Å². The van der Waals surface area contributed by atoms with Crippen LogP contribution in [0.5, 0.6) is 0 Å². The van der Waals surface area contributed by atoms with E-state index in [4.69, 9.17) is 10.7 Å². The third kappa shape index (κ3) is 4.82. The van der Waals surface area contributed by atoms with Crippen LogP contribution < -0.4 is 11.1 Å². The predicted octanol–water partition coefficient (Wildman–Crippen LogP) is 5.23. The number of benzene rings is 2. The zero-order valence-corrected chi connectivity index (χ0v) is 19.4. The van der Waals surface area contributed by atoms with Crippen LogP contribution in [0, 0.1) is 13.8 Å². The number of aromatic nitrogens is 2. The first-order valence-corrected chi connectivity index (χ1v) is 11.6. The monoisotopic (exact) mass is 444 g/mol. The SMILES string of the molecule is Cc1cc(C(=O)NCc2ccc([C@@H](C)N)cc2)c(C)n1Cc1csc(-c2ccccc2)n1. The number of hydrogen-bond acceptors (Lipinski definition) is 4. The number of nitrogens with zero attached hydrogens (tertiary/aromatic N) is 2. The van der Waals surface area contributed by atoms with E-state index in [1.807, 2.05) is 69.3 Å². The standard InChI is InChI=1S/C26H28N4OS/c1-17-13-24(25(31)28-14-20-9-11-21(12-10-20)18(2)27)19(3)30(17)15-23-16-32-26(29-23)22-7-5-4-6-8-22/h4-13,16,18H,14-15,27H2,1-3H3,(H,28,31)/t18-/m1/s1. The molecule has 0 aliphatic carbocycles. The molecule has 1 atom stereocenters. The highest BCUT2D eigenvalue weighted by Crippen LogP contribution is 2.25. The van der Waals surface area contributed by atoms with Crippen LogP contribution in [0.4, 0.5) is 0 Å². The zero-order chi connectivity index (χ0) is 22.7. The van der Waals surface area contributed by atoms with E-state index in [9.17, 15) is 4.79 Å². The smallest absolute Gasteiger partial charge is 0.253 e. The van der Waals surface area contributed by atoms with Gasteiger partial charge in [0.15, 0.2) is 0 Å². The van der Waals surface area contributed by atoms with Crippen molar-refractivity contribution in [1.82, 2.24) is 14.9 Å². The topological polar surface area (TPSA) is 72.9 Å². The van der Waals surface area contributed by atoms with Crippen LogP contribution in [0.15, 0.2) is 66.0 Å². The number of thiazole rings is 1. The summed E-state index contributed by atoms with van der Waals surface area (Å²) in [7, 11) is 0. The molecule has 0 aliphatic rings. The number of aryl methyl sites for hydroxylation is 1. The molecule has 0 aliphatic heterocycles. The van der Waals surface area contributed by atoms with E-state index in [-0.39, 0.29) is 11.9 Å². The second-order valence-electron chi connectivity index (χ2n) is 8.09. The molecule has 1 amide bonds. The number of carbonyl (C=O) groups is 1. The van der Waals surface area contributed by atoms with Crippen molar-refractivity contribution in [3.8, 4) is 10.6 Å². The number of nitrogens with one attached hydrogen (secondary N) is 1. The lowest BCUT2D eigenvalue weighted by Crippen LogP contribution is -2.23. The first-order valence-electron chi connectivity index (χ1n) is 10.7. The van der Waals surface area contributed by atoms with Gasteiger partial charge in [-0.25, -0.2) is 4.98 Å². The third-order valence-corrected chi connectivity index (χ3v) is 6.61. The van der Waals surface area contributed by atoms with Crippen molar-refractivity contribution >= 4 is 17.2 Å². The van der Waals surface area contributed by atoms with Gasteiger partial charge >= 0.3 is 0 Å². The van der Waals surface area contributed by atoms with Crippen molar-refractivity contribution in [3.05, 3.63) is 99.8 Å². The third-order valence-electron chi connectivity index (χ3n) is 5.67. The maximum absolute atomic E-state index is 12.9. The summed E-state index contributed by atoms with van der Waals surface area (Å²) in [5.74, 6) is -0.0659. The molecule has 0 unspecified atom stereocenters. The highest BCUT2D eigenvalue weighted by molar-refractivity contribution is 7.13. The normalized spacial score (nSPS) is 12.0. The fourth-order valence-corrected chi connectivity index (χ4v) is 4.56. The van der Waals surface area contributed by atoms with Gasteiger partial charge in [-0.15, -0.1) is 11.3 Å². The van der Waals surface area contributed by atoms with Crippen molar-refractivity contribution in [3.63, 3.8) is 0 Å². The lowest BCUT2D eigenvalue weighted by atomic mass is 10.1. The summed E-state index contributed by atoms with van der Waals surface area (Å²) in [4.78, 5) is 17.7. The van der Waals surface area contributed by atoms with Crippen LogP contribution in [0.2, 0.25) is 0 Å². The van der Waals surface area contributed by atoms with Crippen LogP contribution in [-0.2, 0) is 13.1 Å². The van der Waals surface area contributed by atoms with Gasteiger partial charge in [-0.2, -0.15) is 0 Å². The van der Waals surface area contributed by atoms with Crippen LogP contribution >= 0.6 is 11.3 Å². The molecule has 0 saturated heterocycles. The number of carbonyl (C=O) groups excluding carboxylic acids is 1. The molecule has 3 N–H and O–H groups in total. The molecule has 0 spiro atoms. The van der Waals surface area contributed by atoms with Crippen molar-refractivity contribution in [2.45, 2.75) is 39.9 Å². The van der Waals surface area contributed by atoms with E-state index in [1.165, 1.54) is 0 Å². The van der Waals surface area contributed by atoms with E-state index in [1.54, 1.807) is 11.3 Å². The van der Waals surface area contributed by atoms with E-state index >= 15 is 0 Å². The molecule has 0 fully saturated rings. The molecular formula is C26H28N4OS. The second kappa shape index (κ2) is 9.51. The zero-order valence-electron chi connectivity index (χ0n) is 18.6. The maximum atomic E-state index is 12.9. The van der Waals surface area contributed by atoms with Gasteiger partial charge in [0.1, 0.15) is 5.01 Å². The molecule has 0 bridgehead atoms. The molecule has 4 aromatic rings. The first kappa shape index (κ1) is 22.0. The number of amides is 1. The van der Waals surface area contributed by atoms with E-state index in [0.717, 1.165) is 38.8 Å². The van der Waals surface area contributed by atoms with Gasteiger partial charge in [-0.1, -0.05) is 54.6 Å². The molecule has 4 rings (SSSR count). The molecule has 0 radical (unpaired) electrons. The number of rotatable bonds is 7. The van der Waals surface area contributed by atoms with E-state index < -0.39 is 0 Å². The first-order chi connectivity index (χ1) is 15.4. The van der Waals surface area contributed by atoms with Gasteiger partial charge < -0.3 is 15.6 Å². The predicted molar refractivity (Wildman–Crippen MR) is 131 cm³/mol. The summed E-state index contributed by atoms with van der Waals surface area (Å²) >= 11 is 1.64. The molecular weight excluding hydrogens is 416 g/mol. The van der Waals surface area contributed by atoms with Gasteiger partial charge in [0.25, 0.3) is 5.91 Å². The fourth-order valence-electron chi connectivity index (χ4n) is 3.75. The lowest BCUT2D eigenvalue weighted by Gasteiger charge is -2.10. The van der Waals surface area contributed by atoms with Gasteiger partial charge in [-0.3, -0.25) is 4.79 Å². The molecule has 2 aromatic heterocycles. The summed E-state index contributed by atoms with van der Waals surface area (Å²) in [5.41, 5.74) is 12.9. The Kier molecular flexibility index (Phi) is 6.53. The van der Waals surface area contributed by atoms with Crippen molar-refractivity contribution in [1.29, 1.82) is 0 Å². The Balaban J connectivity index is 1.44. The molecule has 2 aromatic carbocycles. The Bertz CT molecular complexity index is 1210. The Labute approximate surface area is 192 Å². The molecule has 2 heterocycles. The fraction of sp³-hybridized carbons (Fsp3) is 0.231. The van der Waals surface area contributed by atoms with E-state index in [2.05, 4.69) is 27.4 Å². The van der Waals surface area contributed by atoms with Gasteiger partial charge in [-0.05, 0) is 38.0 Å². The summed E-state index contributed by atoms with van der Waals surface area (Å²) in [6, 6.07) is 20.2. The summed E-state index contributed by atoms with van der Waals surface area (Å²) < 4.78 is 2.15. The summed E-state index contributed by atoms with van der Waals surface area (Å²) in [5, 5.41) is 6.14. The van der Waals surface area contributed by atoms with Crippen LogP contribution in [-0.4, -0.2) is 15.5 Å². The van der Waals surface area contributed by atoms with Crippen LogP contribution in [0.25, 0.3) is 10.6 Å². The van der Waals surface area contributed by atoms with Crippen LogP contribution in [0.3, 0.4) is 0 Å². The maximum Gasteiger partial charge on any atom is 0.253 e. The minimum atomic E-state index is -0.0659. The Hall–Kier alpha value is -3.22. The molecule has 32 heavy (non-hydrogen) atoms. The summed E-state index contributed by atoms with van der Waals surface area (Å²) in [6.45, 7) is 7.10. The average Bonchev–Trinajstić information content (AvgIpc) is 3.38. The molecule has 0 saturated carbocycles. The van der Waals surface area contributed by atoms with E-state index in [0.29, 0.717) is 18.7 Å². The van der Waals surface area contributed by atoms with Crippen LogP contribution in [0.1, 0.15) is 51.5 Å². The minimum absolute atomic E-state index is 0.00511. The highest BCUT2D eigenvalue weighted by atomic mass is 32.1. The molecule has 6 heteroatoms. The van der Waals surface area contributed by atoms with Crippen molar-refractivity contribution < 1.29 is 4.79 Å². The second-order valence-corrected chi connectivity index (χ2v) is 8.95. The highest BCUT2D eigenvalue weighted by Gasteiger charge is 2.17. The Morgan fingerprint density at radius 2 is 1.84 bits per heavy atom. The van der Waals surface area contributed by atoms with Gasteiger partial charge in [0, 0.05) is 34.9 Å². The summed E-state index contributed by atoms with van der Waals surface area (Å²) in [6.07, 6.45) is 0. The molecule has 164 valence electrons. The Morgan fingerprint density at radius 1 is 1.12 bits per heavy atom. The average molecular weight is 445 g/mol. The van der Waals surface area contributed by atoms with Crippen molar-refractivity contribution in [2.24, 2.45) is 5.73 Å². The Morgan fingerprint density at radius 3 is 2.53 bits per heavy atom. The number of nitrogens with two attached hydrogens (primary N) is 1. The number of hydrogen-bond donors (Lipinski definition) is 2. The lowest BCUT2D eigenvalue weighted by molar-refractivity contribution is 0.0950. The van der Waals surface area contributed by atoms with Crippen molar-refractivity contribution in [2.75, 3.05) is 0 Å². The largest absolute Gasteiger partial charge is 0.348 e. The molecule has 5 nitrogen and oxygen atoms in total. The van der Waals surface area contributed by atoms with Gasteiger partial charge in [0.05, 0.1) is 17.8 Å². The minimum Gasteiger partial charge on any atom is -0.348 e.